The number of piperazine rings is 1. The van der Waals surface area contributed by atoms with E-state index in [0.717, 1.165) is 26.2 Å². The van der Waals surface area contributed by atoms with Gasteiger partial charge < -0.3 is 0 Å². The van der Waals surface area contributed by atoms with Crippen LogP contribution in [0.15, 0.2) is 0 Å². The van der Waals surface area contributed by atoms with E-state index in [1.165, 1.54) is 0 Å². The Kier molecular flexibility index (Phi) is 3.48. The molecule has 0 atom stereocenters. The zero-order valence-electron chi connectivity index (χ0n) is 6.72. The molecular weight excluding hydrogens is 208 g/mol. The maximum absolute atomic E-state index is 10.7. The van der Waals surface area contributed by atoms with Gasteiger partial charge in [-0.15, -0.1) is 0 Å². The van der Waals surface area contributed by atoms with Gasteiger partial charge in [-0.3, -0.25) is 9.69 Å². The van der Waals surface area contributed by atoms with Crippen LogP contribution in [0.5, 0.6) is 0 Å². The number of Topliss-reactive ketones (excluding diaryl/α,β-unsaturated/α-hetero) is 1. The number of nitrogens with zero attached hydrogens (tertiary/aromatic N) is 2. The highest BCUT2D eigenvalue weighted by atomic mass is 79.9. The second-order valence-electron chi connectivity index (χ2n) is 2.89. The Hall–Kier alpha value is 0.0700. The van der Waals surface area contributed by atoms with E-state index in [1.807, 2.05) is 0 Å². The summed E-state index contributed by atoms with van der Waals surface area (Å²) in [5, 5.41) is 0. The minimum Gasteiger partial charge on any atom is -0.299 e. The average Bonchev–Trinajstić information content (AvgIpc) is 1.93. The summed E-state index contributed by atoms with van der Waals surface area (Å²) in [7, 11) is 0. The summed E-state index contributed by atoms with van der Waals surface area (Å²) >= 11 is 3.40. The highest BCUT2D eigenvalue weighted by Crippen LogP contribution is 2.04. The van der Waals surface area contributed by atoms with Crippen molar-refractivity contribution in [1.29, 1.82) is 0 Å². The molecular formula is C7H13BrN2O. The lowest BCUT2D eigenvalue weighted by atomic mass is 10.3. The van der Waals surface area contributed by atoms with Crippen LogP contribution in [0.1, 0.15) is 6.92 Å². The van der Waals surface area contributed by atoms with E-state index in [-0.39, 0.29) is 5.78 Å². The molecule has 1 rings (SSSR count). The quantitative estimate of drug-likeness (QED) is 0.634. The zero-order chi connectivity index (χ0) is 8.27. The number of halogens is 1. The van der Waals surface area contributed by atoms with Gasteiger partial charge in [0.2, 0.25) is 0 Å². The molecule has 0 bridgehead atoms. The van der Waals surface area contributed by atoms with E-state index in [9.17, 15) is 4.79 Å². The Morgan fingerprint density at radius 2 is 1.91 bits per heavy atom. The van der Waals surface area contributed by atoms with Gasteiger partial charge in [-0.25, -0.2) is 3.93 Å². The SMILES string of the molecule is CC(=O)CN1CCN(Br)CC1. The molecule has 3 nitrogen and oxygen atoms in total. The van der Waals surface area contributed by atoms with Crippen molar-refractivity contribution < 1.29 is 4.79 Å². The third kappa shape index (κ3) is 3.31. The van der Waals surface area contributed by atoms with E-state index in [2.05, 4.69) is 25.0 Å². The van der Waals surface area contributed by atoms with Crippen LogP contribution < -0.4 is 0 Å². The average molecular weight is 221 g/mol. The van der Waals surface area contributed by atoms with Crippen LogP contribution in [-0.2, 0) is 4.79 Å². The van der Waals surface area contributed by atoms with Gasteiger partial charge in [0, 0.05) is 42.3 Å². The van der Waals surface area contributed by atoms with Crippen molar-refractivity contribution in [2.75, 3.05) is 32.7 Å². The first-order valence-electron chi connectivity index (χ1n) is 3.81. The Labute approximate surface area is 75.7 Å². The molecule has 0 aromatic carbocycles. The zero-order valence-corrected chi connectivity index (χ0v) is 8.30. The summed E-state index contributed by atoms with van der Waals surface area (Å²) in [5.74, 6) is 0.257. The maximum atomic E-state index is 10.7. The molecule has 11 heavy (non-hydrogen) atoms. The molecule has 1 aliphatic heterocycles. The Balaban J connectivity index is 2.22. The number of hydrogen-bond donors (Lipinski definition) is 0. The number of rotatable bonds is 2. The molecule has 0 aromatic heterocycles. The first-order chi connectivity index (χ1) is 5.18. The predicted molar refractivity (Wildman–Crippen MR) is 47.6 cm³/mol. The van der Waals surface area contributed by atoms with Crippen molar-refractivity contribution in [2.45, 2.75) is 6.92 Å². The van der Waals surface area contributed by atoms with Crippen molar-refractivity contribution in [3.05, 3.63) is 0 Å². The van der Waals surface area contributed by atoms with Gasteiger partial charge in [0.15, 0.2) is 0 Å². The third-order valence-electron chi connectivity index (χ3n) is 1.76. The van der Waals surface area contributed by atoms with E-state index in [0.29, 0.717) is 6.54 Å². The predicted octanol–water partition coefficient (Wildman–Crippen LogP) is 0.503. The van der Waals surface area contributed by atoms with Crippen LogP contribution >= 0.6 is 16.1 Å². The highest BCUT2D eigenvalue weighted by Gasteiger charge is 2.15. The van der Waals surface area contributed by atoms with E-state index in [4.69, 9.17) is 0 Å². The Bertz CT molecular complexity index is 143. The molecule has 4 heteroatoms. The minimum absolute atomic E-state index is 0.257. The fourth-order valence-corrected chi connectivity index (χ4v) is 1.51. The molecule has 0 aliphatic carbocycles. The molecule has 64 valence electrons. The summed E-state index contributed by atoms with van der Waals surface area (Å²) in [6.45, 7) is 6.25. The number of ketones is 1. The maximum Gasteiger partial charge on any atom is 0.143 e. The first-order valence-corrected chi connectivity index (χ1v) is 4.52. The number of carbonyl (C=O) groups is 1. The topological polar surface area (TPSA) is 23.6 Å². The van der Waals surface area contributed by atoms with Gasteiger partial charge >= 0.3 is 0 Å². The normalized spacial score (nSPS) is 22.0. The molecule has 0 saturated carbocycles. The highest BCUT2D eigenvalue weighted by molar-refractivity contribution is 9.07. The molecule has 1 heterocycles. The van der Waals surface area contributed by atoms with Crippen molar-refractivity contribution in [1.82, 2.24) is 8.83 Å². The summed E-state index contributed by atoms with van der Waals surface area (Å²) in [6, 6.07) is 0. The van der Waals surface area contributed by atoms with Crippen molar-refractivity contribution in [2.24, 2.45) is 0 Å². The van der Waals surface area contributed by atoms with Crippen LogP contribution in [0.25, 0.3) is 0 Å². The van der Waals surface area contributed by atoms with Gasteiger partial charge in [0.05, 0.1) is 6.54 Å². The summed E-state index contributed by atoms with van der Waals surface area (Å²) in [6.07, 6.45) is 0. The van der Waals surface area contributed by atoms with Crippen molar-refractivity contribution in [3.63, 3.8) is 0 Å². The molecule has 1 saturated heterocycles. The smallest absolute Gasteiger partial charge is 0.143 e. The largest absolute Gasteiger partial charge is 0.299 e. The van der Waals surface area contributed by atoms with Crippen molar-refractivity contribution >= 4 is 21.9 Å². The van der Waals surface area contributed by atoms with Gasteiger partial charge in [0.1, 0.15) is 5.78 Å². The van der Waals surface area contributed by atoms with E-state index in [1.54, 1.807) is 6.92 Å². The van der Waals surface area contributed by atoms with Gasteiger partial charge in [0.25, 0.3) is 0 Å². The third-order valence-corrected chi connectivity index (χ3v) is 2.47. The number of hydrogen-bond acceptors (Lipinski definition) is 3. The lowest BCUT2D eigenvalue weighted by Gasteiger charge is -2.29. The van der Waals surface area contributed by atoms with Crippen LogP contribution in [0.4, 0.5) is 0 Å². The molecule has 1 fully saturated rings. The van der Waals surface area contributed by atoms with E-state index < -0.39 is 0 Å². The molecule has 0 radical (unpaired) electrons. The summed E-state index contributed by atoms with van der Waals surface area (Å²) in [5.41, 5.74) is 0. The lowest BCUT2D eigenvalue weighted by Crippen LogP contribution is -2.43. The summed E-state index contributed by atoms with van der Waals surface area (Å²) in [4.78, 5) is 12.9. The second kappa shape index (κ2) is 4.18. The van der Waals surface area contributed by atoms with Gasteiger partial charge in [-0.1, -0.05) is 0 Å². The Morgan fingerprint density at radius 1 is 1.36 bits per heavy atom. The molecule has 0 aromatic rings. The lowest BCUT2D eigenvalue weighted by molar-refractivity contribution is -0.118. The standard InChI is InChI=1S/C7H13BrN2O/c1-7(11)6-9-2-4-10(8)5-3-9/h2-6H2,1H3. The molecule has 0 N–H and O–H groups in total. The Morgan fingerprint density at radius 3 is 2.36 bits per heavy atom. The molecule has 0 amide bonds. The monoisotopic (exact) mass is 220 g/mol. The fourth-order valence-electron chi connectivity index (χ4n) is 1.20. The molecule has 0 spiro atoms. The van der Waals surface area contributed by atoms with Crippen LogP contribution in [0.3, 0.4) is 0 Å². The van der Waals surface area contributed by atoms with Crippen molar-refractivity contribution in [3.8, 4) is 0 Å². The summed E-state index contributed by atoms with van der Waals surface area (Å²) < 4.78 is 2.10. The molecule has 1 aliphatic rings. The first kappa shape index (κ1) is 9.16. The van der Waals surface area contributed by atoms with Crippen LogP contribution in [0, 0.1) is 0 Å². The van der Waals surface area contributed by atoms with Gasteiger partial charge in [-0.05, 0) is 6.92 Å². The van der Waals surface area contributed by atoms with Crippen LogP contribution in [0.2, 0.25) is 0 Å². The van der Waals surface area contributed by atoms with E-state index >= 15 is 0 Å². The fraction of sp³-hybridized carbons (Fsp3) is 0.857. The minimum atomic E-state index is 0.257. The number of carbonyl (C=O) groups excluding carboxylic acids is 1. The van der Waals surface area contributed by atoms with Crippen LogP contribution in [-0.4, -0.2) is 47.3 Å². The van der Waals surface area contributed by atoms with Gasteiger partial charge in [-0.2, -0.15) is 0 Å². The second-order valence-corrected chi connectivity index (χ2v) is 3.89. The molecule has 0 unspecified atom stereocenters.